The minimum absolute atomic E-state index is 0.396. The number of hydrogen-bond donors (Lipinski definition) is 0. The number of amides is 1. The van der Waals surface area contributed by atoms with E-state index in [1.54, 1.807) is 4.90 Å². The Kier molecular flexibility index (Phi) is 3.08. The Labute approximate surface area is 103 Å². The molecule has 0 aromatic carbocycles. The number of rotatable bonds is 1. The van der Waals surface area contributed by atoms with Crippen molar-refractivity contribution in [3.8, 4) is 0 Å². The minimum Gasteiger partial charge on any atom is -0.442 e. The van der Waals surface area contributed by atoms with Crippen LogP contribution in [0.25, 0.3) is 0 Å². The normalized spacial score (nSPS) is 24.6. The second-order valence-electron chi connectivity index (χ2n) is 4.58. The number of morpholine rings is 1. The molecule has 0 aromatic rings. The molecule has 90 valence electrons. The second kappa shape index (κ2) is 4.14. The fourth-order valence-electron chi connectivity index (χ4n) is 2.10. The lowest BCUT2D eigenvalue weighted by atomic mass is 9.93. The lowest BCUT2D eigenvalue weighted by molar-refractivity contribution is -0.168. The summed E-state index contributed by atoms with van der Waals surface area (Å²) in [6.45, 7) is 18.0. The van der Waals surface area contributed by atoms with Gasteiger partial charge in [0.1, 0.15) is 11.2 Å². The van der Waals surface area contributed by atoms with Crippen LogP contribution in [-0.2, 0) is 9.47 Å². The first-order chi connectivity index (χ1) is 7.80. The molecule has 2 aliphatic heterocycles. The van der Waals surface area contributed by atoms with E-state index in [0.29, 0.717) is 32.8 Å². The summed E-state index contributed by atoms with van der Waals surface area (Å²) in [5.41, 5.74) is -2.35. The van der Waals surface area contributed by atoms with E-state index in [0.717, 1.165) is 0 Å². The summed E-state index contributed by atoms with van der Waals surface area (Å²) in [6, 6.07) is 0. The van der Waals surface area contributed by atoms with Crippen molar-refractivity contribution in [3.63, 3.8) is 0 Å². The first kappa shape index (κ1) is 12.6. The highest BCUT2D eigenvalue weighted by atomic mass is 16.6. The average molecular weight is 234 g/mol. The Morgan fingerprint density at radius 3 is 2.47 bits per heavy atom. The maximum Gasteiger partial charge on any atom is 0.410 e. The monoisotopic (exact) mass is 234 g/mol. The molecule has 5 heteroatoms. The Balaban J connectivity index is 1.91. The molecule has 0 saturated carbocycles. The van der Waals surface area contributed by atoms with Crippen LogP contribution in [0.15, 0.2) is 0 Å². The molecule has 2 heterocycles. The summed E-state index contributed by atoms with van der Waals surface area (Å²) in [4.78, 5) is 14.8. The summed E-state index contributed by atoms with van der Waals surface area (Å²) in [5.74, 6) is 0. The molecule has 1 spiro atoms. The van der Waals surface area contributed by atoms with Gasteiger partial charge in [-0.2, -0.15) is 0 Å². The number of carbonyl (C=O) groups excluding carboxylic acids is 1. The van der Waals surface area contributed by atoms with Gasteiger partial charge in [-0.15, -0.1) is 0 Å². The van der Waals surface area contributed by atoms with Crippen molar-refractivity contribution in [2.24, 2.45) is 0 Å². The molecule has 5 nitrogen and oxygen atoms in total. The predicted octanol–water partition coefficient (Wildman–Crippen LogP) is 0.0503. The molecular formula is C12H14N2O3. The maximum absolute atomic E-state index is 11.7. The van der Waals surface area contributed by atoms with Gasteiger partial charge in [0.25, 0.3) is 0 Å². The van der Waals surface area contributed by atoms with Crippen LogP contribution in [0.2, 0.25) is 0 Å². The van der Waals surface area contributed by atoms with Gasteiger partial charge >= 0.3 is 6.09 Å². The molecule has 0 aromatic heterocycles. The zero-order valence-electron chi connectivity index (χ0n) is 9.46. The molecule has 2 aliphatic rings. The van der Waals surface area contributed by atoms with Gasteiger partial charge in [0.05, 0.1) is 13.2 Å². The second-order valence-corrected chi connectivity index (χ2v) is 4.58. The molecule has 1 amide bonds. The van der Waals surface area contributed by atoms with E-state index < -0.39 is 17.3 Å². The van der Waals surface area contributed by atoms with Crippen molar-refractivity contribution in [2.75, 3.05) is 32.8 Å². The third-order valence-electron chi connectivity index (χ3n) is 2.75. The summed E-state index contributed by atoms with van der Waals surface area (Å²) < 4.78 is 10.3. The summed E-state index contributed by atoms with van der Waals surface area (Å²) in [5, 5.41) is 0. The molecule has 0 atom stereocenters. The summed E-state index contributed by atoms with van der Waals surface area (Å²) in [6.07, 6.45) is -0.643. The van der Waals surface area contributed by atoms with Gasteiger partial charge in [0.15, 0.2) is 0 Å². The molecule has 0 N–H and O–H groups in total. The standard InChI is InChI=1S/C12H14N2O3/c1-11(2,3)17-10(15)14-5-6-16-12(9-14)7-13(4)8-12/h1-4H,5-9H2. The number of likely N-dealkylation sites (tertiary alicyclic amines) is 1. The first-order valence-corrected chi connectivity index (χ1v) is 5.28. The van der Waals surface area contributed by atoms with Gasteiger partial charge < -0.3 is 14.4 Å². The van der Waals surface area contributed by atoms with E-state index in [-0.39, 0.29) is 0 Å². The number of ether oxygens (including phenoxy) is 2. The highest BCUT2D eigenvalue weighted by Crippen LogP contribution is 2.28. The molecular weight excluding hydrogens is 220 g/mol. The third-order valence-corrected chi connectivity index (χ3v) is 2.75. The molecule has 8 radical (unpaired) electrons. The van der Waals surface area contributed by atoms with E-state index in [1.807, 2.05) is 0 Å². The summed E-state index contributed by atoms with van der Waals surface area (Å²) in [7, 11) is 5.57. The maximum atomic E-state index is 11.7. The first-order valence-electron chi connectivity index (χ1n) is 5.28. The van der Waals surface area contributed by atoms with Crippen LogP contribution >= 0.6 is 0 Å². The Hall–Kier alpha value is -0.810. The fraction of sp³-hybridized carbons (Fsp3) is 0.583. The van der Waals surface area contributed by atoms with Crippen molar-refractivity contribution < 1.29 is 14.3 Å². The number of nitrogens with zero attached hydrogens (tertiary/aromatic N) is 2. The van der Waals surface area contributed by atoms with Crippen molar-refractivity contribution >= 4 is 6.09 Å². The Bertz CT molecular complexity index is 300. The topological polar surface area (TPSA) is 42.0 Å². The van der Waals surface area contributed by atoms with E-state index >= 15 is 0 Å². The van der Waals surface area contributed by atoms with Crippen molar-refractivity contribution in [1.29, 1.82) is 0 Å². The van der Waals surface area contributed by atoms with Crippen molar-refractivity contribution in [2.45, 2.75) is 11.2 Å². The SMILES string of the molecule is [CH]N1CC2(C1)CN(C(=O)OC([CH])([CH])[CH])CCO2. The van der Waals surface area contributed by atoms with Crippen LogP contribution in [0.4, 0.5) is 4.79 Å². The zero-order chi connectivity index (χ0) is 12.7. The fourth-order valence-corrected chi connectivity index (χ4v) is 2.10. The molecule has 0 bridgehead atoms. The molecule has 2 fully saturated rings. The Morgan fingerprint density at radius 2 is 1.94 bits per heavy atom. The largest absolute Gasteiger partial charge is 0.442 e. The third kappa shape index (κ3) is 2.90. The predicted molar refractivity (Wildman–Crippen MR) is 58.2 cm³/mol. The highest BCUT2D eigenvalue weighted by Gasteiger charge is 2.47. The molecule has 17 heavy (non-hydrogen) atoms. The van der Waals surface area contributed by atoms with Crippen LogP contribution in [-0.4, -0.2) is 59.9 Å². The number of carbonyl (C=O) groups is 1. The van der Waals surface area contributed by atoms with Crippen LogP contribution in [0.1, 0.15) is 0 Å². The molecule has 0 aliphatic carbocycles. The van der Waals surface area contributed by atoms with Gasteiger partial charge in [-0.3, -0.25) is 4.90 Å². The minimum atomic E-state index is -1.96. The molecule has 2 rings (SSSR count). The quantitative estimate of drug-likeness (QED) is 0.643. The van der Waals surface area contributed by atoms with Gasteiger partial charge in [0.2, 0.25) is 0 Å². The lowest BCUT2D eigenvalue weighted by Crippen LogP contribution is -2.69. The van der Waals surface area contributed by atoms with Gasteiger partial charge in [-0.1, -0.05) is 0 Å². The van der Waals surface area contributed by atoms with Gasteiger partial charge in [-0.05, 0) is 0 Å². The van der Waals surface area contributed by atoms with E-state index in [4.69, 9.17) is 32.6 Å². The lowest BCUT2D eigenvalue weighted by Gasteiger charge is -2.52. The van der Waals surface area contributed by atoms with Gasteiger partial charge in [0, 0.05) is 47.5 Å². The average Bonchev–Trinajstić information content (AvgIpc) is 2.13. The van der Waals surface area contributed by atoms with Crippen molar-refractivity contribution in [1.82, 2.24) is 9.80 Å². The van der Waals surface area contributed by atoms with Crippen LogP contribution in [0.5, 0.6) is 0 Å². The smallest absolute Gasteiger partial charge is 0.410 e. The Morgan fingerprint density at radius 1 is 1.29 bits per heavy atom. The van der Waals surface area contributed by atoms with Gasteiger partial charge in [-0.25, -0.2) is 4.79 Å². The van der Waals surface area contributed by atoms with E-state index in [9.17, 15) is 4.79 Å². The van der Waals surface area contributed by atoms with Crippen LogP contribution < -0.4 is 0 Å². The van der Waals surface area contributed by atoms with Crippen molar-refractivity contribution in [3.05, 3.63) is 27.8 Å². The highest BCUT2D eigenvalue weighted by molar-refractivity contribution is 5.68. The zero-order valence-corrected chi connectivity index (χ0v) is 9.46. The van der Waals surface area contributed by atoms with Crippen LogP contribution in [0.3, 0.4) is 0 Å². The molecule has 2 saturated heterocycles. The summed E-state index contributed by atoms with van der Waals surface area (Å²) >= 11 is 0. The van der Waals surface area contributed by atoms with E-state index in [1.165, 1.54) is 4.90 Å². The number of hydrogen-bond acceptors (Lipinski definition) is 4. The van der Waals surface area contributed by atoms with E-state index in [2.05, 4.69) is 4.74 Å². The molecule has 0 unspecified atom stereocenters. The van der Waals surface area contributed by atoms with Crippen LogP contribution in [0, 0.1) is 27.8 Å².